The smallest absolute Gasteiger partial charge is 0.191 e. The topological polar surface area (TPSA) is 26.3 Å². The van der Waals surface area contributed by atoms with Crippen molar-refractivity contribution in [3.05, 3.63) is 35.9 Å². The lowest BCUT2D eigenvalue weighted by Gasteiger charge is -1.99. The van der Waals surface area contributed by atoms with Gasteiger partial charge in [0, 0.05) is 13.3 Å². The summed E-state index contributed by atoms with van der Waals surface area (Å²) in [4.78, 5) is 0. The maximum Gasteiger partial charge on any atom is 0.191 e. The van der Waals surface area contributed by atoms with Crippen molar-refractivity contribution >= 4 is 8.03 Å². The Bertz CT molecular complexity index is 246. The third-order valence-electron chi connectivity index (χ3n) is 1.69. The molecule has 0 fully saturated rings. The summed E-state index contributed by atoms with van der Waals surface area (Å²) in [6.07, 6.45) is 1.48. The van der Waals surface area contributed by atoms with Gasteiger partial charge in [-0.2, -0.15) is 0 Å². The average Bonchev–Trinajstić information content (AvgIpc) is 2.16. The molecule has 12 heavy (non-hydrogen) atoms. The lowest BCUT2D eigenvalue weighted by molar-refractivity contribution is 0.414. The summed E-state index contributed by atoms with van der Waals surface area (Å²) in [5.74, 6) is 0. The summed E-state index contributed by atoms with van der Waals surface area (Å²) < 4.78 is 15.7. The van der Waals surface area contributed by atoms with Crippen LogP contribution >= 0.6 is 8.03 Å². The van der Waals surface area contributed by atoms with E-state index in [1.807, 2.05) is 30.3 Å². The quantitative estimate of drug-likeness (QED) is 0.671. The fourth-order valence-corrected chi connectivity index (χ4v) is 1.69. The van der Waals surface area contributed by atoms with Gasteiger partial charge < -0.3 is 4.52 Å². The van der Waals surface area contributed by atoms with Crippen LogP contribution in [0.1, 0.15) is 5.56 Å². The minimum atomic E-state index is -1.78. The van der Waals surface area contributed by atoms with Gasteiger partial charge in [-0.3, -0.25) is 4.57 Å². The van der Waals surface area contributed by atoms with Crippen molar-refractivity contribution in [1.29, 1.82) is 0 Å². The van der Waals surface area contributed by atoms with Gasteiger partial charge in [-0.25, -0.2) is 0 Å². The summed E-state index contributed by atoms with van der Waals surface area (Å²) in [5, 5.41) is 0. The second-order valence-electron chi connectivity index (χ2n) is 2.56. The van der Waals surface area contributed by atoms with Gasteiger partial charge in [0.25, 0.3) is 0 Å². The average molecular weight is 184 g/mol. The third-order valence-corrected chi connectivity index (χ3v) is 2.80. The molecule has 0 N–H and O–H groups in total. The van der Waals surface area contributed by atoms with Crippen molar-refractivity contribution in [3.8, 4) is 0 Å². The fraction of sp³-hybridized carbons (Fsp3) is 0.333. The predicted octanol–water partition coefficient (Wildman–Crippen LogP) is 2.35. The highest BCUT2D eigenvalue weighted by atomic mass is 31.1. The van der Waals surface area contributed by atoms with E-state index in [1.165, 1.54) is 12.7 Å². The van der Waals surface area contributed by atoms with Crippen molar-refractivity contribution in [3.63, 3.8) is 0 Å². The first-order valence-corrected chi connectivity index (χ1v) is 5.46. The van der Waals surface area contributed by atoms with Gasteiger partial charge in [0.05, 0.1) is 0 Å². The molecule has 0 heterocycles. The Morgan fingerprint density at radius 3 is 2.58 bits per heavy atom. The third kappa shape index (κ3) is 3.21. The van der Waals surface area contributed by atoms with Crippen molar-refractivity contribution in [2.45, 2.75) is 6.42 Å². The molecular formula is C9H13O2P. The van der Waals surface area contributed by atoms with Gasteiger partial charge in [-0.15, -0.1) is 0 Å². The monoisotopic (exact) mass is 184 g/mol. The number of rotatable bonds is 4. The van der Waals surface area contributed by atoms with E-state index in [9.17, 15) is 4.57 Å². The second-order valence-corrected chi connectivity index (χ2v) is 4.21. The van der Waals surface area contributed by atoms with Crippen LogP contribution in [0.15, 0.2) is 30.3 Å². The van der Waals surface area contributed by atoms with Gasteiger partial charge in [0.15, 0.2) is 8.03 Å². The minimum absolute atomic E-state index is 0.644. The van der Waals surface area contributed by atoms with Crippen LogP contribution in [0.3, 0.4) is 0 Å². The Labute approximate surface area is 73.4 Å². The van der Waals surface area contributed by atoms with Crippen LogP contribution in [0.2, 0.25) is 0 Å². The van der Waals surface area contributed by atoms with E-state index in [-0.39, 0.29) is 0 Å². The Morgan fingerprint density at radius 1 is 1.33 bits per heavy atom. The molecule has 0 radical (unpaired) electrons. The lowest BCUT2D eigenvalue weighted by Crippen LogP contribution is -1.87. The van der Waals surface area contributed by atoms with Crippen LogP contribution in [0.25, 0.3) is 0 Å². The molecule has 0 aliphatic rings. The molecule has 0 aliphatic carbocycles. The maximum atomic E-state index is 10.9. The maximum absolute atomic E-state index is 10.9. The number of hydrogen-bond acceptors (Lipinski definition) is 2. The van der Waals surface area contributed by atoms with E-state index >= 15 is 0 Å². The highest BCUT2D eigenvalue weighted by Gasteiger charge is 1.96. The van der Waals surface area contributed by atoms with E-state index in [4.69, 9.17) is 4.52 Å². The molecule has 0 aromatic heterocycles. The molecule has 1 atom stereocenters. The molecule has 66 valence electrons. The second kappa shape index (κ2) is 5.13. The predicted molar refractivity (Wildman–Crippen MR) is 51.0 cm³/mol. The molecule has 0 saturated heterocycles. The van der Waals surface area contributed by atoms with E-state index in [0.29, 0.717) is 6.16 Å². The van der Waals surface area contributed by atoms with Crippen molar-refractivity contribution in [1.82, 2.24) is 0 Å². The Kier molecular flexibility index (Phi) is 4.06. The number of benzene rings is 1. The molecule has 0 spiro atoms. The molecule has 1 aromatic carbocycles. The van der Waals surface area contributed by atoms with Crippen LogP contribution < -0.4 is 0 Å². The van der Waals surface area contributed by atoms with Gasteiger partial charge >= 0.3 is 0 Å². The summed E-state index contributed by atoms with van der Waals surface area (Å²) >= 11 is 0. The molecule has 3 heteroatoms. The summed E-state index contributed by atoms with van der Waals surface area (Å²) in [6.45, 7) is 0. The van der Waals surface area contributed by atoms with Gasteiger partial charge in [-0.05, 0) is 12.0 Å². The molecule has 0 saturated carbocycles. The highest BCUT2D eigenvalue weighted by molar-refractivity contribution is 7.39. The Balaban J connectivity index is 2.38. The van der Waals surface area contributed by atoms with Crippen molar-refractivity contribution < 1.29 is 9.09 Å². The highest BCUT2D eigenvalue weighted by Crippen LogP contribution is 2.21. The normalized spacial score (nSPS) is 12.8. The molecular weight excluding hydrogens is 171 g/mol. The SMILES string of the molecule is CO[PH](=O)CCc1ccccc1. The first kappa shape index (κ1) is 9.50. The zero-order valence-electron chi connectivity index (χ0n) is 7.12. The van der Waals surface area contributed by atoms with E-state index in [1.54, 1.807) is 0 Å². The van der Waals surface area contributed by atoms with E-state index < -0.39 is 8.03 Å². The van der Waals surface area contributed by atoms with Gasteiger partial charge in [-0.1, -0.05) is 30.3 Å². The number of aryl methyl sites for hydroxylation is 1. The largest absolute Gasteiger partial charge is 0.334 e. The molecule has 2 nitrogen and oxygen atoms in total. The first-order valence-electron chi connectivity index (χ1n) is 3.93. The van der Waals surface area contributed by atoms with E-state index in [2.05, 4.69) is 0 Å². The molecule has 0 aliphatic heterocycles. The molecule has 1 aromatic rings. The van der Waals surface area contributed by atoms with Crippen LogP contribution in [0.4, 0.5) is 0 Å². The minimum Gasteiger partial charge on any atom is -0.334 e. The summed E-state index contributed by atoms with van der Waals surface area (Å²) in [5.41, 5.74) is 1.22. The van der Waals surface area contributed by atoms with Crippen molar-refractivity contribution in [2.75, 3.05) is 13.3 Å². The number of hydrogen-bond donors (Lipinski definition) is 0. The van der Waals surface area contributed by atoms with Crippen molar-refractivity contribution in [2.24, 2.45) is 0 Å². The zero-order chi connectivity index (χ0) is 8.81. The standard InChI is InChI=1S/C9H13O2P/c1-11-12(10)8-7-9-5-3-2-4-6-9/h2-6,12H,7-8H2,1H3. The Morgan fingerprint density at radius 2 is 2.00 bits per heavy atom. The summed E-state index contributed by atoms with van der Waals surface area (Å²) in [6, 6.07) is 10.0. The molecule has 0 amide bonds. The molecule has 1 rings (SSSR count). The Hall–Kier alpha value is -0.590. The van der Waals surface area contributed by atoms with Gasteiger partial charge in [0.2, 0.25) is 0 Å². The van der Waals surface area contributed by atoms with Crippen LogP contribution in [-0.2, 0) is 15.5 Å². The van der Waals surface area contributed by atoms with Crippen LogP contribution in [-0.4, -0.2) is 13.3 Å². The van der Waals surface area contributed by atoms with E-state index in [0.717, 1.165) is 6.42 Å². The van der Waals surface area contributed by atoms with Crippen LogP contribution in [0, 0.1) is 0 Å². The zero-order valence-corrected chi connectivity index (χ0v) is 8.12. The molecule has 1 unspecified atom stereocenters. The fourth-order valence-electron chi connectivity index (χ4n) is 0.993. The first-order chi connectivity index (χ1) is 5.83. The van der Waals surface area contributed by atoms with Crippen LogP contribution in [0.5, 0.6) is 0 Å². The summed E-state index contributed by atoms with van der Waals surface area (Å²) in [7, 11) is -0.284. The van der Waals surface area contributed by atoms with Gasteiger partial charge in [0.1, 0.15) is 0 Å². The molecule has 0 bridgehead atoms. The lowest BCUT2D eigenvalue weighted by atomic mass is 10.2.